The molecule has 2 aromatic heterocycles. The van der Waals surface area contributed by atoms with Gasteiger partial charge in [-0.2, -0.15) is 4.37 Å². The Bertz CT molecular complexity index is 1410. The molecule has 12 heteroatoms. The Hall–Kier alpha value is -3.09. The molecular weight excluding hydrogens is 435 g/mol. The molecule has 1 atom stereocenters. The van der Waals surface area contributed by atoms with Crippen molar-refractivity contribution in [1.29, 1.82) is 0 Å². The van der Waals surface area contributed by atoms with Gasteiger partial charge in [-0.1, -0.05) is 24.3 Å². The summed E-state index contributed by atoms with van der Waals surface area (Å²) in [6, 6.07) is 8.91. The van der Waals surface area contributed by atoms with Crippen LogP contribution in [0.15, 0.2) is 56.8 Å². The summed E-state index contributed by atoms with van der Waals surface area (Å²) in [5.41, 5.74) is 1.86. The lowest BCUT2D eigenvalue weighted by Crippen LogP contribution is -2.29. The molecule has 0 saturated heterocycles. The third-order valence-electron chi connectivity index (χ3n) is 4.80. The molecule has 2 aromatic carbocycles. The zero-order valence-corrected chi connectivity index (χ0v) is 16.7. The summed E-state index contributed by atoms with van der Waals surface area (Å²) < 4.78 is 58.0. The summed E-state index contributed by atoms with van der Waals surface area (Å²) in [5, 5.41) is -0.00974. The van der Waals surface area contributed by atoms with Gasteiger partial charge in [-0.05, 0) is 11.1 Å². The Kier molecular flexibility index (Phi) is 4.41. The van der Waals surface area contributed by atoms with E-state index in [1.165, 1.54) is 10.9 Å². The number of sulfonamides is 1. The zero-order valence-electron chi connectivity index (χ0n) is 15.1. The average Bonchev–Trinajstić information content (AvgIpc) is 3.33. The van der Waals surface area contributed by atoms with Crippen LogP contribution in [0.25, 0.3) is 11.1 Å². The van der Waals surface area contributed by atoms with E-state index >= 15 is 0 Å². The maximum atomic E-state index is 14.9. The van der Waals surface area contributed by atoms with Gasteiger partial charge in [0.1, 0.15) is 17.0 Å². The van der Waals surface area contributed by atoms with E-state index in [1.54, 1.807) is 0 Å². The molecule has 154 valence electrons. The number of aromatic nitrogens is 3. The standard InChI is InChI=1S/C18H13FN4O5S2/c19-12-5-13-15(6-16(12)30(25,26)22-17-20-9-21-29-17)28-18(24)23(13)14-8-27-7-10-3-1-2-4-11(10)14/h1-6,9,14H,7-8H2,(H,20,21,22). The second-order valence-corrected chi connectivity index (χ2v) is 9.00. The highest BCUT2D eigenvalue weighted by atomic mass is 32.2. The third-order valence-corrected chi connectivity index (χ3v) is 6.86. The second-order valence-electron chi connectivity index (χ2n) is 6.57. The van der Waals surface area contributed by atoms with Crippen LogP contribution in [0.4, 0.5) is 9.52 Å². The van der Waals surface area contributed by atoms with Crippen molar-refractivity contribution in [3.05, 3.63) is 70.2 Å². The lowest BCUT2D eigenvalue weighted by Gasteiger charge is -2.26. The van der Waals surface area contributed by atoms with Crippen LogP contribution in [0.5, 0.6) is 0 Å². The lowest BCUT2D eigenvalue weighted by molar-refractivity contribution is 0.0828. The van der Waals surface area contributed by atoms with Crippen LogP contribution in [0.3, 0.4) is 0 Å². The zero-order chi connectivity index (χ0) is 20.9. The molecule has 0 spiro atoms. The number of oxazole rings is 1. The van der Waals surface area contributed by atoms with Crippen molar-refractivity contribution in [3.63, 3.8) is 0 Å². The highest BCUT2D eigenvalue weighted by Gasteiger charge is 2.29. The van der Waals surface area contributed by atoms with E-state index in [4.69, 9.17) is 9.15 Å². The Morgan fingerprint density at radius 3 is 2.90 bits per heavy atom. The van der Waals surface area contributed by atoms with E-state index in [0.717, 1.165) is 34.8 Å². The van der Waals surface area contributed by atoms with Crippen molar-refractivity contribution >= 4 is 37.8 Å². The van der Waals surface area contributed by atoms with E-state index in [0.29, 0.717) is 6.61 Å². The molecule has 1 N–H and O–H groups in total. The predicted molar refractivity (Wildman–Crippen MR) is 105 cm³/mol. The quantitative estimate of drug-likeness (QED) is 0.510. The van der Waals surface area contributed by atoms with Gasteiger partial charge in [0.25, 0.3) is 10.0 Å². The fourth-order valence-corrected chi connectivity index (χ4v) is 5.24. The molecule has 4 aromatic rings. The van der Waals surface area contributed by atoms with Gasteiger partial charge in [-0.15, -0.1) is 0 Å². The lowest BCUT2D eigenvalue weighted by atomic mass is 9.99. The smallest absolute Gasteiger partial charge is 0.408 e. The number of benzene rings is 2. The van der Waals surface area contributed by atoms with Crippen LogP contribution in [-0.2, 0) is 21.4 Å². The molecule has 0 radical (unpaired) electrons. The summed E-state index contributed by atoms with van der Waals surface area (Å²) in [5.74, 6) is -1.76. The highest BCUT2D eigenvalue weighted by Crippen LogP contribution is 2.31. The molecule has 0 bridgehead atoms. The van der Waals surface area contributed by atoms with Crippen molar-refractivity contribution in [2.24, 2.45) is 0 Å². The van der Waals surface area contributed by atoms with Crippen LogP contribution < -0.4 is 10.5 Å². The van der Waals surface area contributed by atoms with Gasteiger partial charge in [-0.3, -0.25) is 9.29 Å². The van der Waals surface area contributed by atoms with E-state index < -0.39 is 32.5 Å². The van der Waals surface area contributed by atoms with Crippen LogP contribution >= 0.6 is 11.5 Å². The second kappa shape index (κ2) is 7.00. The molecule has 3 heterocycles. The van der Waals surface area contributed by atoms with E-state index in [9.17, 15) is 17.6 Å². The average molecular weight is 448 g/mol. The SMILES string of the molecule is O=c1oc2cc(S(=O)(=O)Nc3ncns3)c(F)cc2n1C1COCc2ccccc21. The molecule has 9 nitrogen and oxygen atoms in total. The predicted octanol–water partition coefficient (Wildman–Crippen LogP) is 2.51. The molecule has 0 saturated carbocycles. The van der Waals surface area contributed by atoms with E-state index in [1.807, 2.05) is 24.3 Å². The molecule has 0 fully saturated rings. The Balaban J connectivity index is 1.63. The monoisotopic (exact) mass is 448 g/mol. The number of anilines is 1. The van der Waals surface area contributed by atoms with Crippen molar-refractivity contribution in [1.82, 2.24) is 13.9 Å². The Morgan fingerprint density at radius 2 is 2.10 bits per heavy atom. The summed E-state index contributed by atoms with van der Waals surface area (Å²) in [6.45, 7) is 0.608. The van der Waals surface area contributed by atoms with Gasteiger partial charge in [0, 0.05) is 23.7 Å². The van der Waals surface area contributed by atoms with E-state index in [-0.39, 0.29) is 22.8 Å². The first-order valence-electron chi connectivity index (χ1n) is 8.73. The summed E-state index contributed by atoms with van der Waals surface area (Å²) in [4.78, 5) is 15.7. The molecule has 1 aliphatic heterocycles. The number of nitrogens with zero attached hydrogens (tertiary/aromatic N) is 3. The molecule has 30 heavy (non-hydrogen) atoms. The largest absolute Gasteiger partial charge is 0.420 e. The third kappa shape index (κ3) is 3.09. The van der Waals surface area contributed by atoms with E-state index in [2.05, 4.69) is 14.1 Å². The number of hydrogen-bond donors (Lipinski definition) is 1. The number of hydrogen-bond acceptors (Lipinski definition) is 8. The first-order chi connectivity index (χ1) is 14.4. The summed E-state index contributed by atoms with van der Waals surface area (Å²) >= 11 is 0.807. The van der Waals surface area contributed by atoms with Crippen LogP contribution in [-0.4, -0.2) is 28.9 Å². The van der Waals surface area contributed by atoms with Crippen LogP contribution in [0.1, 0.15) is 17.2 Å². The maximum Gasteiger partial charge on any atom is 0.420 e. The van der Waals surface area contributed by atoms with Gasteiger partial charge in [0.15, 0.2) is 5.58 Å². The Labute approximate surface area is 173 Å². The molecule has 0 amide bonds. The minimum absolute atomic E-state index is 0.00974. The van der Waals surface area contributed by atoms with Gasteiger partial charge in [0.05, 0.1) is 24.8 Å². The normalized spacial score (nSPS) is 16.5. The summed E-state index contributed by atoms with van der Waals surface area (Å²) in [7, 11) is -4.30. The highest BCUT2D eigenvalue weighted by molar-refractivity contribution is 7.93. The minimum atomic E-state index is -4.30. The molecule has 5 rings (SSSR count). The molecule has 1 aliphatic rings. The van der Waals surface area contributed by atoms with Gasteiger partial charge in [0.2, 0.25) is 5.13 Å². The van der Waals surface area contributed by atoms with Crippen molar-refractivity contribution in [3.8, 4) is 0 Å². The molecular formula is C18H13FN4O5S2. The minimum Gasteiger partial charge on any atom is -0.408 e. The van der Waals surface area contributed by atoms with Crippen molar-refractivity contribution < 1.29 is 22.0 Å². The number of nitrogens with one attached hydrogen (secondary N) is 1. The summed E-state index contributed by atoms with van der Waals surface area (Å²) in [6.07, 6.45) is 1.17. The van der Waals surface area contributed by atoms with Crippen LogP contribution in [0.2, 0.25) is 0 Å². The molecule has 1 unspecified atom stereocenters. The topological polar surface area (TPSA) is 116 Å². The van der Waals surface area contributed by atoms with Crippen molar-refractivity contribution in [2.75, 3.05) is 11.3 Å². The first kappa shape index (κ1) is 18.9. The first-order valence-corrected chi connectivity index (χ1v) is 11.0. The van der Waals surface area contributed by atoms with Gasteiger partial charge in [-0.25, -0.2) is 22.6 Å². The van der Waals surface area contributed by atoms with Crippen molar-refractivity contribution in [2.45, 2.75) is 17.5 Å². The molecule has 0 aliphatic carbocycles. The fourth-order valence-electron chi connectivity index (χ4n) is 3.50. The number of rotatable bonds is 4. The van der Waals surface area contributed by atoms with Gasteiger partial charge >= 0.3 is 5.76 Å². The maximum absolute atomic E-state index is 14.9. The fraction of sp³-hybridized carbons (Fsp3) is 0.167. The van der Waals surface area contributed by atoms with Gasteiger partial charge < -0.3 is 9.15 Å². The number of fused-ring (bicyclic) bond motifs is 2. The Morgan fingerprint density at radius 1 is 1.27 bits per heavy atom. The number of halogens is 1. The number of ether oxygens (including phenoxy) is 1. The van der Waals surface area contributed by atoms with Crippen LogP contribution in [0, 0.1) is 5.82 Å².